The Labute approximate surface area is 44.7 Å². The van der Waals surface area contributed by atoms with E-state index in [9.17, 15) is 0 Å². The Balaban J connectivity index is 3.14. The molecule has 0 N–H and O–H groups in total. The first-order valence-electron chi connectivity index (χ1n) is 2.13. The fourth-order valence-electron chi connectivity index (χ4n) is 0.295. The molecule has 0 aliphatic rings. The third kappa shape index (κ3) is 4.09. The topological polar surface area (TPSA) is 0 Å². The molecule has 0 aromatic rings. The molecule has 1 heteroatoms. The summed E-state index contributed by atoms with van der Waals surface area (Å²) in [6.45, 7) is 4.08. The summed E-state index contributed by atoms with van der Waals surface area (Å²) in [4.78, 5) is 1.11. The largest absolute Gasteiger partial charge is 0.149 e. The molecule has 0 heterocycles. The number of hydrogen-bond donors (Lipinski definition) is 1. The maximum Gasteiger partial charge on any atom is -0.0255 e. The highest BCUT2D eigenvalue weighted by Crippen LogP contribution is 1.96. The highest BCUT2D eigenvalue weighted by atomic mass is 32.1. The van der Waals surface area contributed by atoms with Crippen LogP contribution < -0.4 is 0 Å². The van der Waals surface area contributed by atoms with E-state index in [2.05, 4.69) is 25.6 Å². The number of rotatable bonds is 1. The maximum absolute atomic E-state index is 4.04. The van der Waals surface area contributed by atoms with Crippen molar-refractivity contribution >= 4 is 12.6 Å². The van der Waals surface area contributed by atoms with Crippen LogP contribution in [0.2, 0.25) is 0 Å². The second-order valence-electron chi connectivity index (χ2n) is 1.25. The summed E-state index contributed by atoms with van der Waals surface area (Å²) in [5, 5.41) is 0. The normalized spacial score (nSPS) is 12.2. The third-order valence-electron chi connectivity index (χ3n) is 0.500. The summed E-state index contributed by atoms with van der Waals surface area (Å²) in [6.07, 6.45) is 3.17. The van der Waals surface area contributed by atoms with Gasteiger partial charge < -0.3 is 0 Å². The lowest BCUT2D eigenvalue weighted by molar-refractivity contribution is 1.21. The maximum atomic E-state index is 4.04. The predicted molar refractivity (Wildman–Crippen MR) is 33.0 cm³/mol. The highest BCUT2D eigenvalue weighted by molar-refractivity contribution is 7.84. The fraction of sp³-hybridized carbons (Fsp3) is 0.600. The Morgan fingerprint density at radius 2 is 2.33 bits per heavy atom. The molecule has 0 bridgehead atoms. The van der Waals surface area contributed by atoms with Gasteiger partial charge in [0.15, 0.2) is 0 Å². The van der Waals surface area contributed by atoms with Crippen LogP contribution in [0.1, 0.15) is 20.3 Å². The van der Waals surface area contributed by atoms with Gasteiger partial charge in [-0.1, -0.05) is 13.0 Å². The summed E-state index contributed by atoms with van der Waals surface area (Å²) >= 11 is 4.04. The van der Waals surface area contributed by atoms with Crippen molar-refractivity contribution in [3.05, 3.63) is 11.0 Å². The third-order valence-corrected chi connectivity index (χ3v) is 0.682. The van der Waals surface area contributed by atoms with Crippen molar-refractivity contribution < 1.29 is 0 Å². The molecule has 0 atom stereocenters. The monoisotopic (exact) mass is 102 g/mol. The van der Waals surface area contributed by atoms with Crippen LogP contribution >= 0.6 is 12.6 Å². The van der Waals surface area contributed by atoms with Gasteiger partial charge in [-0.2, -0.15) is 0 Å². The van der Waals surface area contributed by atoms with Gasteiger partial charge in [-0.05, 0) is 18.2 Å². The van der Waals surface area contributed by atoms with Crippen molar-refractivity contribution in [2.45, 2.75) is 20.3 Å². The van der Waals surface area contributed by atoms with E-state index in [1.807, 2.05) is 6.92 Å². The van der Waals surface area contributed by atoms with Gasteiger partial charge in [-0.3, -0.25) is 0 Å². The molecule has 0 nitrogen and oxygen atoms in total. The Morgan fingerprint density at radius 1 is 1.83 bits per heavy atom. The minimum Gasteiger partial charge on any atom is -0.149 e. The Bertz CT molecular complexity index is 51.0. The van der Waals surface area contributed by atoms with E-state index in [1.54, 1.807) is 0 Å². The summed E-state index contributed by atoms with van der Waals surface area (Å²) in [6, 6.07) is 0. The first-order valence-corrected chi connectivity index (χ1v) is 2.57. The molecular formula is C5H10S. The zero-order chi connectivity index (χ0) is 4.99. The van der Waals surface area contributed by atoms with Crippen molar-refractivity contribution in [1.29, 1.82) is 0 Å². The molecule has 0 saturated carbocycles. The lowest BCUT2D eigenvalue weighted by Crippen LogP contribution is -1.54. The molecule has 6 heavy (non-hydrogen) atoms. The Morgan fingerprint density at radius 3 is 2.33 bits per heavy atom. The first kappa shape index (κ1) is 6.09. The van der Waals surface area contributed by atoms with Crippen LogP contribution in [0.4, 0.5) is 0 Å². The molecule has 0 saturated heterocycles. The quantitative estimate of drug-likeness (QED) is 0.482. The van der Waals surface area contributed by atoms with Crippen molar-refractivity contribution in [2.24, 2.45) is 0 Å². The van der Waals surface area contributed by atoms with E-state index in [0.29, 0.717) is 0 Å². The van der Waals surface area contributed by atoms with Crippen LogP contribution in [-0.4, -0.2) is 0 Å². The van der Waals surface area contributed by atoms with E-state index in [1.165, 1.54) is 0 Å². The van der Waals surface area contributed by atoms with Gasteiger partial charge in [-0.25, -0.2) is 0 Å². The van der Waals surface area contributed by atoms with Gasteiger partial charge in [0.2, 0.25) is 0 Å². The number of allylic oxidation sites excluding steroid dienone is 2. The molecule has 0 unspecified atom stereocenters. The minimum absolute atomic E-state index is 1.09. The van der Waals surface area contributed by atoms with Gasteiger partial charge in [0.1, 0.15) is 0 Å². The van der Waals surface area contributed by atoms with E-state index in [0.717, 1.165) is 11.3 Å². The summed E-state index contributed by atoms with van der Waals surface area (Å²) < 4.78 is 0. The summed E-state index contributed by atoms with van der Waals surface area (Å²) in [7, 11) is 0. The highest BCUT2D eigenvalue weighted by Gasteiger charge is 1.68. The molecule has 0 spiro atoms. The van der Waals surface area contributed by atoms with Crippen molar-refractivity contribution in [2.75, 3.05) is 0 Å². The van der Waals surface area contributed by atoms with Crippen molar-refractivity contribution in [1.82, 2.24) is 0 Å². The van der Waals surface area contributed by atoms with E-state index in [4.69, 9.17) is 0 Å². The van der Waals surface area contributed by atoms with Crippen LogP contribution in [0.3, 0.4) is 0 Å². The van der Waals surface area contributed by atoms with E-state index < -0.39 is 0 Å². The standard InChI is InChI=1S/C5H10S/c1-3-4-5(2)6/h4,6H,3H2,1-2H3/b5-4+. The van der Waals surface area contributed by atoms with Gasteiger partial charge in [-0.15, -0.1) is 12.6 Å². The second-order valence-corrected chi connectivity index (χ2v) is 1.96. The van der Waals surface area contributed by atoms with Crippen LogP contribution in [0.15, 0.2) is 11.0 Å². The Hall–Kier alpha value is 0.0900. The average Bonchev–Trinajstić information content (AvgIpc) is 1.35. The van der Waals surface area contributed by atoms with Crippen LogP contribution in [-0.2, 0) is 0 Å². The van der Waals surface area contributed by atoms with Gasteiger partial charge in [0, 0.05) is 0 Å². The van der Waals surface area contributed by atoms with E-state index >= 15 is 0 Å². The molecule has 0 aromatic heterocycles. The predicted octanol–water partition coefficient (Wildman–Crippen LogP) is 2.23. The van der Waals surface area contributed by atoms with Crippen LogP contribution in [0.5, 0.6) is 0 Å². The first-order chi connectivity index (χ1) is 2.77. The van der Waals surface area contributed by atoms with Crippen molar-refractivity contribution in [3.63, 3.8) is 0 Å². The van der Waals surface area contributed by atoms with Gasteiger partial charge >= 0.3 is 0 Å². The van der Waals surface area contributed by atoms with E-state index in [-0.39, 0.29) is 0 Å². The van der Waals surface area contributed by atoms with Gasteiger partial charge in [0.05, 0.1) is 0 Å². The molecule has 0 fully saturated rings. The lowest BCUT2D eigenvalue weighted by Gasteiger charge is -1.79. The molecule has 0 radical (unpaired) electrons. The number of hydrogen-bond acceptors (Lipinski definition) is 1. The smallest absolute Gasteiger partial charge is 0.0255 e. The summed E-state index contributed by atoms with van der Waals surface area (Å²) in [5.41, 5.74) is 0. The van der Waals surface area contributed by atoms with Crippen LogP contribution in [0, 0.1) is 0 Å². The molecule has 0 rings (SSSR count). The number of thiol groups is 1. The second kappa shape index (κ2) is 3.29. The Kier molecular flexibility index (Phi) is 3.34. The molecular weight excluding hydrogens is 92.1 g/mol. The fourth-order valence-corrected chi connectivity index (χ4v) is 0.478. The average molecular weight is 102 g/mol. The zero-order valence-corrected chi connectivity index (χ0v) is 5.13. The lowest BCUT2D eigenvalue weighted by atomic mass is 10.4. The molecule has 0 aromatic carbocycles. The zero-order valence-electron chi connectivity index (χ0n) is 4.23. The van der Waals surface area contributed by atoms with Gasteiger partial charge in [0.25, 0.3) is 0 Å². The minimum atomic E-state index is 1.09. The summed E-state index contributed by atoms with van der Waals surface area (Å²) in [5.74, 6) is 0. The molecule has 36 valence electrons. The molecule has 0 aliphatic heterocycles. The SMILES string of the molecule is CC/C=C(\C)S. The molecule has 0 amide bonds. The molecule has 0 aliphatic carbocycles. The van der Waals surface area contributed by atoms with Crippen molar-refractivity contribution in [3.8, 4) is 0 Å². The van der Waals surface area contributed by atoms with Crippen LogP contribution in [0.25, 0.3) is 0 Å².